The van der Waals surface area contributed by atoms with E-state index in [1.54, 1.807) is 19.3 Å². The molecule has 2 unspecified atom stereocenters. The van der Waals surface area contributed by atoms with Gasteiger partial charge in [0.15, 0.2) is 17.6 Å². The van der Waals surface area contributed by atoms with Crippen molar-refractivity contribution in [1.82, 2.24) is 20.5 Å². The van der Waals surface area contributed by atoms with Crippen LogP contribution in [-0.2, 0) is 0 Å². The van der Waals surface area contributed by atoms with Crippen molar-refractivity contribution in [3.63, 3.8) is 0 Å². The minimum atomic E-state index is -0.256. The quantitative estimate of drug-likeness (QED) is 0.617. The van der Waals surface area contributed by atoms with Gasteiger partial charge in [-0.1, -0.05) is 6.92 Å². The van der Waals surface area contributed by atoms with Crippen molar-refractivity contribution in [3.05, 3.63) is 24.1 Å². The van der Waals surface area contributed by atoms with E-state index in [2.05, 4.69) is 32.4 Å². The number of nitrogens with one attached hydrogen (secondary N) is 2. The minimum absolute atomic E-state index is 0.251. The normalized spacial score (nSPS) is 24.7. The number of likely N-dealkylation sites (tertiary alicyclic amines) is 1. The van der Waals surface area contributed by atoms with Gasteiger partial charge in [-0.05, 0) is 50.4 Å². The third-order valence-corrected chi connectivity index (χ3v) is 5.40. The summed E-state index contributed by atoms with van der Waals surface area (Å²) in [5.41, 5.74) is 0. The largest absolute Gasteiger partial charge is 0.356 e. The van der Waals surface area contributed by atoms with Crippen molar-refractivity contribution in [2.45, 2.75) is 32.2 Å². The third-order valence-electron chi connectivity index (χ3n) is 5.40. The molecular formula is C19H31FN6. The Kier molecular flexibility index (Phi) is 6.66. The summed E-state index contributed by atoms with van der Waals surface area (Å²) in [6.07, 6.45) is 5.14. The summed E-state index contributed by atoms with van der Waals surface area (Å²) in [5, 5.41) is 6.96. The molecule has 2 aliphatic heterocycles. The average Bonchev–Trinajstić information content (AvgIpc) is 3.14. The van der Waals surface area contributed by atoms with Crippen molar-refractivity contribution in [1.29, 1.82) is 0 Å². The molecule has 2 atom stereocenters. The maximum absolute atomic E-state index is 13.9. The van der Waals surface area contributed by atoms with E-state index in [9.17, 15) is 4.39 Å². The summed E-state index contributed by atoms with van der Waals surface area (Å²) in [5.74, 6) is 1.70. The molecule has 2 fully saturated rings. The Morgan fingerprint density at radius 3 is 3.00 bits per heavy atom. The molecule has 0 saturated carbocycles. The zero-order valence-corrected chi connectivity index (χ0v) is 15.9. The van der Waals surface area contributed by atoms with Gasteiger partial charge < -0.3 is 20.4 Å². The van der Waals surface area contributed by atoms with Gasteiger partial charge in [-0.3, -0.25) is 4.99 Å². The van der Waals surface area contributed by atoms with Crippen molar-refractivity contribution in [3.8, 4) is 0 Å². The predicted octanol–water partition coefficient (Wildman–Crippen LogP) is 1.70. The molecule has 2 N–H and O–H groups in total. The van der Waals surface area contributed by atoms with Crippen LogP contribution in [0.4, 0.5) is 10.2 Å². The topological polar surface area (TPSA) is 55.8 Å². The molecule has 0 aromatic carbocycles. The van der Waals surface area contributed by atoms with Crippen LogP contribution in [0, 0.1) is 11.7 Å². The summed E-state index contributed by atoms with van der Waals surface area (Å²) in [7, 11) is 1.81. The van der Waals surface area contributed by atoms with E-state index in [1.807, 2.05) is 4.90 Å². The molecule has 3 heterocycles. The first-order valence-electron chi connectivity index (χ1n) is 9.74. The standard InChI is InChI=1S/C19H31FN6/c1-3-25-10-5-6-15(13-25)12-23-19(21-2)24-16-8-11-26(14-16)18-17(20)7-4-9-22-18/h4,7,9,15-16H,3,5-6,8,10-14H2,1-2H3,(H2,21,23,24). The van der Waals surface area contributed by atoms with Crippen LogP contribution in [0.2, 0.25) is 0 Å². The Hall–Kier alpha value is -1.89. The van der Waals surface area contributed by atoms with Gasteiger partial charge in [0.1, 0.15) is 0 Å². The number of nitrogens with zero attached hydrogens (tertiary/aromatic N) is 4. The Morgan fingerprint density at radius 2 is 2.23 bits per heavy atom. The van der Waals surface area contributed by atoms with E-state index in [0.29, 0.717) is 11.7 Å². The van der Waals surface area contributed by atoms with Crippen LogP contribution in [0.15, 0.2) is 23.3 Å². The van der Waals surface area contributed by atoms with Gasteiger partial charge in [0.05, 0.1) is 0 Å². The zero-order valence-electron chi connectivity index (χ0n) is 15.9. The first-order chi connectivity index (χ1) is 12.7. The number of guanidine groups is 1. The Morgan fingerprint density at radius 1 is 1.35 bits per heavy atom. The third kappa shape index (κ3) is 4.84. The van der Waals surface area contributed by atoms with Crippen LogP contribution < -0.4 is 15.5 Å². The maximum Gasteiger partial charge on any atom is 0.191 e. The highest BCUT2D eigenvalue weighted by Crippen LogP contribution is 2.20. The van der Waals surface area contributed by atoms with E-state index in [0.717, 1.165) is 45.1 Å². The van der Waals surface area contributed by atoms with Gasteiger partial charge in [0.2, 0.25) is 0 Å². The second kappa shape index (κ2) is 9.16. The first kappa shape index (κ1) is 18.9. The van der Waals surface area contributed by atoms with Gasteiger partial charge in [0.25, 0.3) is 0 Å². The lowest BCUT2D eigenvalue weighted by Crippen LogP contribution is -2.47. The van der Waals surface area contributed by atoms with Crippen LogP contribution in [-0.4, -0.2) is 68.2 Å². The molecule has 26 heavy (non-hydrogen) atoms. The number of rotatable bonds is 5. The summed E-state index contributed by atoms with van der Waals surface area (Å²) in [6, 6.07) is 3.34. The molecule has 1 aromatic rings. The molecular weight excluding hydrogens is 331 g/mol. The number of piperidine rings is 1. The Bertz CT molecular complexity index is 607. The van der Waals surface area contributed by atoms with E-state index in [1.165, 1.54) is 25.5 Å². The van der Waals surface area contributed by atoms with Crippen molar-refractivity contribution >= 4 is 11.8 Å². The van der Waals surface area contributed by atoms with Gasteiger partial charge in [-0.2, -0.15) is 0 Å². The van der Waals surface area contributed by atoms with Crippen molar-refractivity contribution in [2.75, 3.05) is 51.2 Å². The summed E-state index contributed by atoms with van der Waals surface area (Å²) >= 11 is 0. The second-order valence-corrected chi connectivity index (χ2v) is 7.24. The number of pyridine rings is 1. The molecule has 7 heteroatoms. The molecule has 0 radical (unpaired) electrons. The van der Waals surface area contributed by atoms with Gasteiger partial charge in [-0.15, -0.1) is 0 Å². The molecule has 0 amide bonds. The highest BCUT2D eigenvalue weighted by atomic mass is 19.1. The lowest BCUT2D eigenvalue weighted by atomic mass is 9.98. The number of hydrogen-bond acceptors (Lipinski definition) is 4. The lowest BCUT2D eigenvalue weighted by molar-refractivity contribution is 0.183. The van der Waals surface area contributed by atoms with Crippen LogP contribution in [0.1, 0.15) is 26.2 Å². The summed E-state index contributed by atoms with van der Waals surface area (Å²) < 4.78 is 13.9. The zero-order chi connectivity index (χ0) is 18.4. The molecule has 144 valence electrons. The maximum atomic E-state index is 13.9. The van der Waals surface area contributed by atoms with Crippen molar-refractivity contribution in [2.24, 2.45) is 10.9 Å². The lowest BCUT2D eigenvalue weighted by Gasteiger charge is -2.32. The monoisotopic (exact) mass is 362 g/mol. The van der Waals surface area contributed by atoms with Gasteiger partial charge in [0, 0.05) is 45.5 Å². The molecule has 0 bridgehead atoms. The first-order valence-corrected chi connectivity index (χ1v) is 9.74. The summed E-state index contributed by atoms with van der Waals surface area (Å²) in [6.45, 7) is 8.23. The number of anilines is 1. The van der Waals surface area contributed by atoms with Crippen LogP contribution >= 0.6 is 0 Å². The van der Waals surface area contributed by atoms with Gasteiger partial charge in [-0.25, -0.2) is 9.37 Å². The molecule has 2 saturated heterocycles. The molecule has 3 rings (SSSR count). The van der Waals surface area contributed by atoms with E-state index < -0.39 is 0 Å². The van der Waals surface area contributed by atoms with Crippen molar-refractivity contribution < 1.29 is 4.39 Å². The molecule has 6 nitrogen and oxygen atoms in total. The summed E-state index contributed by atoms with van der Waals surface area (Å²) in [4.78, 5) is 13.1. The fourth-order valence-electron chi connectivity index (χ4n) is 3.91. The number of hydrogen-bond donors (Lipinski definition) is 2. The highest BCUT2D eigenvalue weighted by molar-refractivity contribution is 5.80. The highest BCUT2D eigenvalue weighted by Gasteiger charge is 2.26. The van der Waals surface area contributed by atoms with Gasteiger partial charge >= 0.3 is 0 Å². The fraction of sp³-hybridized carbons (Fsp3) is 0.684. The Labute approximate surface area is 155 Å². The van der Waals surface area contributed by atoms with E-state index in [-0.39, 0.29) is 11.9 Å². The minimum Gasteiger partial charge on any atom is -0.356 e. The predicted molar refractivity (Wildman–Crippen MR) is 104 cm³/mol. The molecule has 0 aliphatic carbocycles. The Balaban J connectivity index is 1.46. The SMILES string of the molecule is CCN1CCCC(CNC(=NC)NC2CCN(c3ncccc3F)C2)C1. The smallest absolute Gasteiger partial charge is 0.191 e. The fourth-order valence-corrected chi connectivity index (χ4v) is 3.91. The molecule has 2 aliphatic rings. The number of aliphatic imine (C=N–C) groups is 1. The number of halogens is 1. The molecule has 1 aromatic heterocycles. The number of aromatic nitrogens is 1. The van der Waals surface area contributed by atoms with Crippen LogP contribution in [0.25, 0.3) is 0 Å². The second-order valence-electron chi connectivity index (χ2n) is 7.24. The average molecular weight is 362 g/mol. The van der Waals surface area contributed by atoms with Crippen LogP contribution in [0.5, 0.6) is 0 Å². The molecule has 0 spiro atoms. The van der Waals surface area contributed by atoms with Crippen LogP contribution in [0.3, 0.4) is 0 Å². The van der Waals surface area contributed by atoms with E-state index >= 15 is 0 Å². The van der Waals surface area contributed by atoms with E-state index in [4.69, 9.17) is 0 Å².